The van der Waals surface area contributed by atoms with E-state index in [-0.39, 0.29) is 17.6 Å². The van der Waals surface area contributed by atoms with Crippen LogP contribution in [0, 0.1) is 5.41 Å². The van der Waals surface area contributed by atoms with Crippen LogP contribution in [0.2, 0.25) is 5.02 Å². The van der Waals surface area contributed by atoms with Gasteiger partial charge in [-0.15, -0.1) is 0 Å². The zero-order valence-corrected chi connectivity index (χ0v) is 12.6. The van der Waals surface area contributed by atoms with Crippen LogP contribution in [0.5, 0.6) is 0 Å². The van der Waals surface area contributed by atoms with Crippen LogP contribution in [-0.4, -0.2) is 29.5 Å². The van der Waals surface area contributed by atoms with Crippen LogP contribution in [-0.2, 0) is 11.2 Å². The van der Waals surface area contributed by atoms with Crippen LogP contribution in [0.4, 0.5) is 0 Å². The number of fused-ring (bicyclic) bond motifs is 2. The summed E-state index contributed by atoms with van der Waals surface area (Å²) < 4.78 is 5.96. The molecular weight excluding hydrogens is 274 g/mol. The average Bonchev–Trinajstić information content (AvgIpc) is 3.02. The zero-order chi connectivity index (χ0) is 14.4. The molecule has 2 bridgehead atoms. The van der Waals surface area contributed by atoms with Crippen LogP contribution in [0.15, 0.2) is 24.3 Å². The second kappa shape index (κ2) is 4.99. The third-order valence-electron chi connectivity index (χ3n) is 5.21. The lowest BCUT2D eigenvalue weighted by Crippen LogP contribution is -2.57. The molecule has 0 aliphatic carbocycles. The minimum atomic E-state index is -0.866. The zero-order valence-electron chi connectivity index (χ0n) is 11.8. The molecule has 2 saturated heterocycles. The largest absolute Gasteiger partial charge is 0.389 e. The first-order chi connectivity index (χ1) is 9.47. The van der Waals surface area contributed by atoms with Gasteiger partial charge < -0.3 is 15.6 Å². The fourth-order valence-electron chi connectivity index (χ4n) is 3.98. The van der Waals surface area contributed by atoms with Gasteiger partial charge in [-0.2, -0.15) is 0 Å². The van der Waals surface area contributed by atoms with Crippen LogP contribution >= 0.6 is 11.6 Å². The van der Waals surface area contributed by atoms with Gasteiger partial charge in [0.1, 0.15) is 0 Å². The van der Waals surface area contributed by atoms with Crippen LogP contribution < -0.4 is 5.73 Å². The Morgan fingerprint density at radius 2 is 2.10 bits per heavy atom. The molecule has 0 amide bonds. The molecule has 3 N–H and O–H groups in total. The summed E-state index contributed by atoms with van der Waals surface area (Å²) in [7, 11) is 0. The van der Waals surface area contributed by atoms with Crippen molar-refractivity contribution in [3.05, 3.63) is 34.9 Å². The number of ether oxygens (including phenoxy) is 1. The second-order valence-electron chi connectivity index (χ2n) is 6.47. The lowest BCUT2D eigenvalue weighted by Gasteiger charge is -2.46. The van der Waals surface area contributed by atoms with Crippen molar-refractivity contribution in [2.45, 2.75) is 50.4 Å². The van der Waals surface area contributed by atoms with E-state index in [0.717, 1.165) is 24.8 Å². The molecule has 4 unspecified atom stereocenters. The number of aliphatic hydroxyl groups is 1. The summed E-state index contributed by atoms with van der Waals surface area (Å²) in [6.45, 7) is 2.37. The maximum atomic E-state index is 11.1. The van der Waals surface area contributed by atoms with Crippen LogP contribution in [0.3, 0.4) is 0 Å². The van der Waals surface area contributed by atoms with E-state index in [4.69, 9.17) is 22.1 Å². The summed E-state index contributed by atoms with van der Waals surface area (Å²) in [4.78, 5) is 0. The fraction of sp³-hybridized carbons (Fsp3) is 0.625. The highest BCUT2D eigenvalue weighted by molar-refractivity contribution is 6.30. The van der Waals surface area contributed by atoms with Gasteiger partial charge in [0.05, 0.1) is 17.8 Å². The summed E-state index contributed by atoms with van der Waals surface area (Å²) in [6, 6.07) is 7.66. The third-order valence-corrected chi connectivity index (χ3v) is 5.47. The highest BCUT2D eigenvalue weighted by atomic mass is 35.5. The van der Waals surface area contributed by atoms with Gasteiger partial charge in [-0.1, -0.05) is 23.7 Å². The Bertz CT molecular complexity index is 488. The van der Waals surface area contributed by atoms with E-state index in [1.54, 1.807) is 0 Å². The molecule has 1 aromatic rings. The molecule has 110 valence electrons. The first kappa shape index (κ1) is 14.3. The highest BCUT2D eigenvalue weighted by Gasteiger charge is 2.60. The van der Waals surface area contributed by atoms with Crippen molar-refractivity contribution in [3.8, 4) is 0 Å². The van der Waals surface area contributed by atoms with Gasteiger partial charge >= 0.3 is 0 Å². The molecule has 3 rings (SSSR count). The molecule has 2 aliphatic rings. The lowest BCUT2D eigenvalue weighted by molar-refractivity contribution is -0.0981. The van der Waals surface area contributed by atoms with E-state index < -0.39 is 5.60 Å². The monoisotopic (exact) mass is 295 g/mol. The SMILES string of the molecule is CC(O)(Cc1ccc(Cl)cc1)C1(CN)CC2CCC1O2. The van der Waals surface area contributed by atoms with Crippen molar-refractivity contribution in [1.29, 1.82) is 0 Å². The van der Waals surface area contributed by atoms with Crippen molar-refractivity contribution in [1.82, 2.24) is 0 Å². The summed E-state index contributed by atoms with van der Waals surface area (Å²) >= 11 is 5.91. The van der Waals surface area contributed by atoms with E-state index in [9.17, 15) is 5.11 Å². The van der Waals surface area contributed by atoms with Crippen molar-refractivity contribution in [2.24, 2.45) is 11.1 Å². The van der Waals surface area contributed by atoms with E-state index in [0.29, 0.717) is 18.0 Å². The van der Waals surface area contributed by atoms with Crippen molar-refractivity contribution >= 4 is 11.6 Å². The van der Waals surface area contributed by atoms with Crippen molar-refractivity contribution < 1.29 is 9.84 Å². The Kier molecular flexibility index (Phi) is 3.57. The minimum Gasteiger partial charge on any atom is -0.389 e. The Hall–Kier alpha value is -0.610. The maximum absolute atomic E-state index is 11.1. The quantitative estimate of drug-likeness (QED) is 0.897. The summed E-state index contributed by atoms with van der Waals surface area (Å²) in [5, 5.41) is 11.8. The first-order valence-corrected chi connectivity index (χ1v) is 7.67. The third kappa shape index (κ3) is 2.17. The molecule has 0 spiro atoms. The van der Waals surface area contributed by atoms with E-state index >= 15 is 0 Å². The molecule has 2 fully saturated rings. The standard InChI is InChI=1S/C16H22ClNO2/c1-15(19,8-11-2-4-12(17)5-3-11)16(10-18)9-13-6-7-14(16)20-13/h2-5,13-14,19H,6-10,18H2,1H3. The van der Waals surface area contributed by atoms with Crippen LogP contribution in [0.25, 0.3) is 0 Å². The lowest BCUT2D eigenvalue weighted by atomic mass is 9.62. The molecular formula is C16H22ClNO2. The van der Waals surface area contributed by atoms with Gasteiger partial charge in [0.15, 0.2) is 0 Å². The topological polar surface area (TPSA) is 55.5 Å². The van der Waals surface area contributed by atoms with Gasteiger partial charge in [0.2, 0.25) is 0 Å². The predicted octanol–water partition coefficient (Wildman–Crippen LogP) is 2.53. The molecule has 0 saturated carbocycles. The number of halogens is 1. The molecule has 20 heavy (non-hydrogen) atoms. The maximum Gasteiger partial charge on any atom is 0.0753 e. The highest BCUT2D eigenvalue weighted by Crippen LogP contribution is 2.53. The molecule has 4 heteroatoms. The Morgan fingerprint density at radius 1 is 1.40 bits per heavy atom. The molecule has 4 atom stereocenters. The number of benzene rings is 1. The Morgan fingerprint density at radius 3 is 2.60 bits per heavy atom. The van der Waals surface area contributed by atoms with Gasteiger partial charge in [-0.05, 0) is 43.9 Å². The Balaban J connectivity index is 1.84. The summed E-state index contributed by atoms with van der Waals surface area (Å²) in [5.74, 6) is 0. The predicted molar refractivity (Wildman–Crippen MR) is 79.8 cm³/mol. The van der Waals surface area contributed by atoms with Gasteiger partial charge in [0.25, 0.3) is 0 Å². The van der Waals surface area contributed by atoms with Gasteiger partial charge in [0, 0.05) is 23.4 Å². The number of nitrogens with two attached hydrogens (primary N) is 1. The molecule has 0 aromatic heterocycles. The second-order valence-corrected chi connectivity index (χ2v) is 6.90. The van der Waals surface area contributed by atoms with Gasteiger partial charge in [-0.25, -0.2) is 0 Å². The Labute approximate surface area is 125 Å². The number of rotatable bonds is 4. The minimum absolute atomic E-state index is 0.0970. The molecule has 0 radical (unpaired) electrons. The smallest absolute Gasteiger partial charge is 0.0753 e. The van der Waals surface area contributed by atoms with E-state index in [1.807, 2.05) is 31.2 Å². The van der Waals surface area contributed by atoms with Crippen molar-refractivity contribution in [3.63, 3.8) is 0 Å². The molecule has 1 aromatic carbocycles. The van der Waals surface area contributed by atoms with E-state index in [2.05, 4.69) is 0 Å². The van der Waals surface area contributed by atoms with Gasteiger partial charge in [-0.3, -0.25) is 0 Å². The number of hydrogen-bond acceptors (Lipinski definition) is 3. The fourth-order valence-corrected chi connectivity index (χ4v) is 4.10. The van der Waals surface area contributed by atoms with E-state index in [1.165, 1.54) is 0 Å². The summed E-state index contributed by atoms with van der Waals surface area (Å²) in [6.07, 6.45) is 3.94. The molecule has 2 heterocycles. The van der Waals surface area contributed by atoms with Crippen molar-refractivity contribution in [2.75, 3.05) is 6.54 Å². The summed E-state index contributed by atoms with van der Waals surface area (Å²) in [5.41, 5.74) is 5.95. The molecule has 3 nitrogen and oxygen atoms in total. The molecule has 2 aliphatic heterocycles. The normalized spacial score (nSPS) is 35.2. The average molecular weight is 296 g/mol. The first-order valence-electron chi connectivity index (χ1n) is 7.29. The van der Waals surface area contributed by atoms with Crippen LogP contribution in [0.1, 0.15) is 31.7 Å². The number of hydrogen-bond donors (Lipinski definition) is 2.